The molecule has 2 aromatic rings. The maximum Gasteiger partial charge on any atom is 0.0998 e. The van der Waals surface area contributed by atoms with E-state index in [1.807, 2.05) is 17.5 Å². The van der Waals surface area contributed by atoms with Gasteiger partial charge in [-0.25, -0.2) is 0 Å². The molecule has 2 rings (SSSR count). The maximum absolute atomic E-state index is 8.96. The van der Waals surface area contributed by atoms with Gasteiger partial charge in [0.25, 0.3) is 0 Å². The summed E-state index contributed by atoms with van der Waals surface area (Å²) in [6.45, 7) is 2.12. The lowest BCUT2D eigenvalue weighted by Crippen LogP contribution is -1.83. The van der Waals surface area contributed by atoms with Crippen LogP contribution in [0.2, 0.25) is 0 Å². The molecule has 1 nitrogen and oxygen atoms in total. The van der Waals surface area contributed by atoms with E-state index in [1.165, 1.54) is 10.3 Å². The lowest BCUT2D eigenvalue weighted by molar-refractivity contribution is 1.16. The Bertz CT molecular complexity index is 520. The quantitative estimate of drug-likeness (QED) is 0.728. The van der Waals surface area contributed by atoms with Crippen LogP contribution in [0.1, 0.15) is 18.1 Å². The van der Waals surface area contributed by atoms with Gasteiger partial charge in [-0.3, -0.25) is 0 Å². The highest BCUT2D eigenvalue weighted by Crippen LogP contribution is 2.34. The molecule has 1 heterocycles. The third kappa shape index (κ3) is 1.31. The molecule has 0 unspecified atom stereocenters. The number of thiophene rings is 1. The fraction of sp³-hybridized carbons (Fsp3) is 0.182. The van der Waals surface area contributed by atoms with E-state index < -0.39 is 0 Å². The monoisotopic (exact) mass is 219 g/mol. The Hall–Kier alpha value is -0.980. The number of nitrogens with zero attached hydrogens (tertiary/aromatic N) is 1. The molecule has 1 aromatic heterocycles. The van der Waals surface area contributed by atoms with Crippen LogP contribution in [-0.4, -0.2) is 0 Å². The lowest BCUT2D eigenvalue weighted by Gasteiger charge is -2.00. The van der Waals surface area contributed by atoms with Crippen LogP contribution in [0.3, 0.4) is 0 Å². The second-order valence-electron chi connectivity index (χ2n) is 3.06. The summed E-state index contributed by atoms with van der Waals surface area (Å²) < 4.78 is 1.21. The van der Waals surface area contributed by atoms with Gasteiger partial charge in [0, 0.05) is 20.4 Å². The lowest BCUT2D eigenvalue weighted by atomic mass is 10.1. The van der Waals surface area contributed by atoms with E-state index in [9.17, 15) is 0 Å². The Kier molecular flexibility index (Phi) is 2.49. The number of thiol groups is 1. The molecule has 14 heavy (non-hydrogen) atoms. The minimum atomic E-state index is 0.725. The summed E-state index contributed by atoms with van der Waals surface area (Å²) in [7, 11) is 0. The second-order valence-corrected chi connectivity index (χ2v) is 4.42. The number of fused-ring (bicyclic) bond motifs is 1. The van der Waals surface area contributed by atoms with E-state index >= 15 is 0 Å². The van der Waals surface area contributed by atoms with Gasteiger partial charge in [-0.15, -0.1) is 24.0 Å². The van der Waals surface area contributed by atoms with Gasteiger partial charge in [0.15, 0.2) is 0 Å². The molecule has 0 saturated carbocycles. The van der Waals surface area contributed by atoms with Crippen LogP contribution in [0.25, 0.3) is 10.1 Å². The Labute approximate surface area is 92.4 Å². The average molecular weight is 219 g/mol. The highest BCUT2D eigenvalue weighted by molar-refractivity contribution is 7.80. The van der Waals surface area contributed by atoms with Crippen LogP contribution >= 0.6 is 24.0 Å². The van der Waals surface area contributed by atoms with E-state index in [4.69, 9.17) is 5.26 Å². The summed E-state index contributed by atoms with van der Waals surface area (Å²) in [6.07, 6.45) is 0.996. The zero-order chi connectivity index (χ0) is 10.1. The smallest absolute Gasteiger partial charge is 0.0998 e. The van der Waals surface area contributed by atoms with Gasteiger partial charge in [-0.05, 0) is 18.1 Å². The molecule has 0 aliphatic carbocycles. The van der Waals surface area contributed by atoms with Crippen molar-refractivity contribution in [2.24, 2.45) is 0 Å². The van der Waals surface area contributed by atoms with Crippen LogP contribution < -0.4 is 0 Å². The van der Waals surface area contributed by atoms with Crippen molar-refractivity contribution in [3.63, 3.8) is 0 Å². The third-order valence-electron chi connectivity index (χ3n) is 2.29. The first-order valence-corrected chi connectivity index (χ1v) is 5.72. The summed E-state index contributed by atoms with van der Waals surface area (Å²) in [5.74, 6) is 0. The van der Waals surface area contributed by atoms with Gasteiger partial charge in [-0.2, -0.15) is 5.26 Å². The number of nitriles is 1. The molecular formula is C11H9NS2. The largest absolute Gasteiger partial charge is 0.192 e. The first-order valence-electron chi connectivity index (χ1n) is 4.40. The summed E-state index contributed by atoms with van der Waals surface area (Å²) >= 11 is 6.04. The molecule has 0 saturated heterocycles. The van der Waals surface area contributed by atoms with Crippen molar-refractivity contribution in [2.75, 3.05) is 0 Å². The van der Waals surface area contributed by atoms with Gasteiger partial charge in [0.05, 0.1) is 11.6 Å². The predicted octanol–water partition coefficient (Wildman–Crippen LogP) is 3.62. The number of hydrogen-bond donors (Lipinski definition) is 1. The molecule has 0 amide bonds. The van der Waals surface area contributed by atoms with E-state index in [0.29, 0.717) is 0 Å². The molecule has 0 N–H and O–H groups in total. The standard InChI is InChI=1S/C11H9NS2/c1-2-7-3-4-8(5-12)10-9(13)6-14-11(7)10/h3-4,6,13H,2H2,1H3. The number of rotatable bonds is 1. The van der Waals surface area contributed by atoms with Crippen molar-refractivity contribution >= 4 is 34.1 Å². The molecule has 3 heteroatoms. The van der Waals surface area contributed by atoms with Crippen molar-refractivity contribution < 1.29 is 0 Å². The summed E-state index contributed by atoms with van der Waals surface area (Å²) in [5.41, 5.74) is 2.02. The first-order chi connectivity index (χ1) is 6.77. The Morgan fingerprint density at radius 3 is 2.93 bits per heavy atom. The minimum Gasteiger partial charge on any atom is -0.192 e. The molecule has 1 aromatic carbocycles. The molecule has 70 valence electrons. The Morgan fingerprint density at radius 2 is 2.29 bits per heavy atom. The molecule has 0 aliphatic heterocycles. The van der Waals surface area contributed by atoms with Crippen LogP contribution in [0.5, 0.6) is 0 Å². The normalized spacial score (nSPS) is 10.4. The molecule has 0 atom stereocenters. The van der Waals surface area contributed by atoms with Gasteiger partial charge < -0.3 is 0 Å². The molecule has 0 bridgehead atoms. The maximum atomic E-state index is 8.96. The van der Waals surface area contributed by atoms with Crippen LogP contribution in [0.15, 0.2) is 22.4 Å². The van der Waals surface area contributed by atoms with Gasteiger partial charge >= 0.3 is 0 Å². The van der Waals surface area contributed by atoms with Crippen molar-refractivity contribution in [3.8, 4) is 6.07 Å². The zero-order valence-corrected chi connectivity index (χ0v) is 9.45. The van der Waals surface area contributed by atoms with E-state index in [2.05, 4.69) is 25.6 Å². The van der Waals surface area contributed by atoms with Crippen LogP contribution in [-0.2, 0) is 6.42 Å². The third-order valence-corrected chi connectivity index (χ3v) is 3.87. The SMILES string of the molecule is CCc1ccc(C#N)c2c(S)csc12. The molecule has 0 spiro atoms. The number of hydrogen-bond acceptors (Lipinski definition) is 3. The Balaban J connectivity index is 2.89. The van der Waals surface area contributed by atoms with Crippen LogP contribution in [0, 0.1) is 11.3 Å². The van der Waals surface area contributed by atoms with E-state index in [-0.39, 0.29) is 0 Å². The minimum absolute atomic E-state index is 0.725. The highest BCUT2D eigenvalue weighted by Gasteiger charge is 2.09. The summed E-state index contributed by atoms with van der Waals surface area (Å²) in [4.78, 5) is 0.914. The van der Waals surface area contributed by atoms with E-state index in [0.717, 1.165) is 22.3 Å². The highest BCUT2D eigenvalue weighted by atomic mass is 32.1. The Morgan fingerprint density at radius 1 is 1.50 bits per heavy atom. The summed E-state index contributed by atoms with van der Waals surface area (Å²) in [6, 6.07) is 6.12. The van der Waals surface area contributed by atoms with Gasteiger partial charge in [-0.1, -0.05) is 13.0 Å². The first kappa shape index (κ1) is 9.57. The van der Waals surface area contributed by atoms with Crippen molar-refractivity contribution in [3.05, 3.63) is 28.6 Å². The molecule has 0 aliphatic rings. The topological polar surface area (TPSA) is 23.8 Å². The fourth-order valence-electron chi connectivity index (χ4n) is 1.56. The molecular weight excluding hydrogens is 210 g/mol. The fourth-order valence-corrected chi connectivity index (χ4v) is 3.07. The van der Waals surface area contributed by atoms with Crippen LogP contribution in [0.4, 0.5) is 0 Å². The molecule has 0 fully saturated rings. The predicted molar refractivity (Wildman–Crippen MR) is 63.2 cm³/mol. The zero-order valence-electron chi connectivity index (χ0n) is 7.74. The van der Waals surface area contributed by atoms with Crippen molar-refractivity contribution in [1.29, 1.82) is 5.26 Å². The van der Waals surface area contributed by atoms with Gasteiger partial charge in [0.2, 0.25) is 0 Å². The second kappa shape index (κ2) is 3.64. The average Bonchev–Trinajstić information content (AvgIpc) is 2.60. The van der Waals surface area contributed by atoms with Crippen molar-refractivity contribution in [2.45, 2.75) is 18.2 Å². The number of benzene rings is 1. The van der Waals surface area contributed by atoms with Gasteiger partial charge in [0.1, 0.15) is 0 Å². The molecule has 0 radical (unpaired) electrons. The summed E-state index contributed by atoms with van der Waals surface area (Å²) in [5, 5.41) is 12.0. The number of aryl methyl sites for hydroxylation is 1. The van der Waals surface area contributed by atoms with E-state index in [1.54, 1.807) is 11.3 Å². The van der Waals surface area contributed by atoms with Crippen molar-refractivity contribution in [1.82, 2.24) is 0 Å².